The summed E-state index contributed by atoms with van der Waals surface area (Å²) in [6.07, 6.45) is 0. The Bertz CT molecular complexity index is 352. The zero-order valence-corrected chi connectivity index (χ0v) is 7.93. The summed E-state index contributed by atoms with van der Waals surface area (Å²) in [5, 5.41) is 0.451. The molecule has 5 heteroatoms. The van der Waals surface area contributed by atoms with E-state index in [2.05, 4.69) is 0 Å². The van der Waals surface area contributed by atoms with Crippen molar-refractivity contribution in [3.8, 4) is 5.75 Å². The minimum absolute atomic E-state index is 0.150. The van der Waals surface area contributed by atoms with Crippen molar-refractivity contribution in [3.63, 3.8) is 0 Å². The second-order valence-electron chi connectivity index (χ2n) is 2.07. The topological polar surface area (TPSA) is 43.4 Å². The van der Waals surface area contributed by atoms with Gasteiger partial charge in [0.25, 0.3) is 0 Å². The SMILES string of the molecule is COc1cc(Cl)ccc1[SH](=O)=O. The minimum Gasteiger partial charge on any atom is -0.495 e. The molecule has 0 radical (unpaired) electrons. The van der Waals surface area contributed by atoms with Gasteiger partial charge in [-0.25, -0.2) is 8.42 Å². The Labute approximate surface area is 76.9 Å². The summed E-state index contributed by atoms with van der Waals surface area (Å²) in [7, 11) is -1.22. The summed E-state index contributed by atoms with van der Waals surface area (Å²) in [5.74, 6) is 0.276. The molecule has 0 aliphatic heterocycles. The molecule has 0 spiro atoms. The van der Waals surface area contributed by atoms with Crippen molar-refractivity contribution < 1.29 is 13.2 Å². The molecule has 0 atom stereocenters. The number of benzene rings is 1. The lowest BCUT2D eigenvalue weighted by molar-refractivity contribution is 0.403. The van der Waals surface area contributed by atoms with E-state index < -0.39 is 10.7 Å². The van der Waals surface area contributed by atoms with Crippen LogP contribution in [0.25, 0.3) is 0 Å². The largest absolute Gasteiger partial charge is 0.495 e. The second kappa shape index (κ2) is 3.78. The highest BCUT2D eigenvalue weighted by Crippen LogP contribution is 2.23. The van der Waals surface area contributed by atoms with Gasteiger partial charge in [0.05, 0.1) is 7.11 Å². The number of halogens is 1. The van der Waals surface area contributed by atoms with E-state index in [0.717, 1.165) is 0 Å². The van der Waals surface area contributed by atoms with Gasteiger partial charge in [-0.05, 0) is 12.1 Å². The fourth-order valence-corrected chi connectivity index (χ4v) is 1.50. The maximum absolute atomic E-state index is 10.6. The van der Waals surface area contributed by atoms with E-state index in [-0.39, 0.29) is 10.6 Å². The number of ether oxygens (including phenoxy) is 1. The van der Waals surface area contributed by atoms with Crippen LogP contribution in [0.4, 0.5) is 0 Å². The van der Waals surface area contributed by atoms with E-state index in [9.17, 15) is 8.42 Å². The summed E-state index contributed by atoms with van der Waals surface area (Å²) in [6.45, 7) is 0. The monoisotopic (exact) mass is 206 g/mol. The van der Waals surface area contributed by atoms with E-state index in [1.807, 2.05) is 0 Å². The van der Waals surface area contributed by atoms with Gasteiger partial charge in [0.2, 0.25) is 0 Å². The van der Waals surface area contributed by atoms with Gasteiger partial charge < -0.3 is 4.74 Å². The summed E-state index contributed by atoms with van der Waals surface area (Å²) in [6, 6.07) is 4.37. The lowest BCUT2D eigenvalue weighted by Gasteiger charge is -2.02. The van der Waals surface area contributed by atoms with Crippen molar-refractivity contribution in [3.05, 3.63) is 23.2 Å². The predicted octanol–water partition coefficient (Wildman–Crippen LogP) is 1.32. The zero-order chi connectivity index (χ0) is 9.14. The molecule has 0 amide bonds. The fourth-order valence-electron chi connectivity index (χ4n) is 0.802. The van der Waals surface area contributed by atoms with Crippen LogP contribution in [0.1, 0.15) is 0 Å². The maximum atomic E-state index is 10.6. The summed E-state index contributed by atoms with van der Waals surface area (Å²) in [4.78, 5) is 0.150. The number of hydrogen-bond donors (Lipinski definition) is 1. The molecule has 0 saturated heterocycles. The van der Waals surface area contributed by atoms with Crippen molar-refractivity contribution in [1.82, 2.24) is 0 Å². The molecule has 0 aromatic heterocycles. The van der Waals surface area contributed by atoms with Gasteiger partial charge in [0.1, 0.15) is 10.6 Å². The zero-order valence-electron chi connectivity index (χ0n) is 6.28. The van der Waals surface area contributed by atoms with Crippen LogP contribution in [0.5, 0.6) is 5.75 Å². The van der Waals surface area contributed by atoms with E-state index in [1.54, 1.807) is 0 Å². The first-order valence-electron chi connectivity index (χ1n) is 3.13. The molecule has 0 bridgehead atoms. The molecule has 0 heterocycles. The molecule has 1 aromatic carbocycles. The fraction of sp³-hybridized carbons (Fsp3) is 0.143. The van der Waals surface area contributed by atoms with E-state index >= 15 is 0 Å². The molecular formula is C7H7ClO3S. The van der Waals surface area contributed by atoms with Gasteiger partial charge in [-0.15, -0.1) is 0 Å². The standard InChI is InChI=1S/C7H7ClO3S/c1-11-6-4-5(8)2-3-7(6)12(9)10/h2-4,12H,1H3. The van der Waals surface area contributed by atoms with Gasteiger partial charge in [0.15, 0.2) is 10.7 Å². The number of hydrogen-bond acceptors (Lipinski definition) is 3. The number of thiol groups is 1. The Kier molecular flexibility index (Phi) is 2.94. The van der Waals surface area contributed by atoms with Crippen molar-refractivity contribution >= 4 is 22.3 Å². The average molecular weight is 207 g/mol. The van der Waals surface area contributed by atoms with E-state index in [0.29, 0.717) is 5.02 Å². The van der Waals surface area contributed by atoms with Crippen LogP contribution in [0.3, 0.4) is 0 Å². The van der Waals surface area contributed by atoms with Gasteiger partial charge in [-0.3, -0.25) is 0 Å². The Morgan fingerprint density at radius 1 is 1.42 bits per heavy atom. The third-order valence-electron chi connectivity index (χ3n) is 1.34. The smallest absolute Gasteiger partial charge is 0.171 e. The first-order chi connectivity index (χ1) is 5.65. The highest BCUT2D eigenvalue weighted by atomic mass is 35.5. The van der Waals surface area contributed by atoms with Crippen LogP contribution < -0.4 is 4.74 Å². The average Bonchev–Trinajstić information content (AvgIpc) is 2.03. The molecular weight excluding hydrogens is 200 g/mol. The normalized spacial score (nSPS) is 10.2. The van der Waals surface area contributed by atoms with Crippen molar-refractivity contribution in [2.45, 2.75) is 4.90 Å². The summed E-state index contributed by atoms with van der Waals surface area (Å²) < 4.78 is 26.0. The molecule has 66 valence electrons. The Hall–Kier alpha value is -0.740. The van der Waals surface area contributed by atoms with Crippen molar-refractivity contribution in [1.29, 1.82) is 0 Å². The van der Waals surface area contributed by atoms with Crippen LogP contribution in [0.2, 0.25) is 5.02 Å². The maximum Gasteiger partial charge on any atom is 0.171 e. The Morgan fingerprint density at radius 2 is 2.08 bits per heavy atom. The molecule has 0 N–H and O–H groups in total. The van der Waals surface area contributed by atoms with Gasteiger partial charge in [0, 0.05) is 11.1 Å². The third kappa shape index (κ3) is 1.89. The molecule has 0 saturated carbocycles. The van der Waals surface area contributed by atoms with Gasteiger partial charge in [-0.1, -0.05) is 11.6 Å². The Morgan fingerprint density at radius 3 is 2.58 bits per heavy atom. The molecule has 0 aliphatic rings. The van der Waals surface area contributed by atoms with Gasteiger partial charge >= 0.3 is 0 Å². The molecule has 0 fully saturated rings. The predicted molar refractivity (Wildman–Crippen MR) is 46.6 cm³/mol. The molecule has 0 unspecified atom stereocenters. The van der Waals surface area contributed by atoms with Crippen LogP contribution >= 0.6 is 11.6 Å². The highest BCUT2D eigenvalue weighted by Gasteiger charge is 2.04. The first-order valence-corrected chi connectivity index (χ1v) is 4.68. The first kappa shape index (κ1) is 9.35. The van der Waals surface area contributed by atoms with E-state index in [4.69, 9.17) is 16.3 Å². The van der Waals surface area contributed by atoms with Crippen LogP contribution in [0, 0.1) is 0 Å². The lowest BCUT2D eigenvalue weighted by atomic mass is 10.3. The highest BCUT2D eigenvalue weighted by molar-refractivity contribution is 7.72. The molecule has 0 aliphatic carbocycles. The van der Waals surface area contributed by atoms with E-state index in [1.165, 1.54) is 25.3 Å². The minimum atomic E-state index is -2.62. The Balaban J connectivity index is 3.29. The second-order valence-corrected chi connectivity index (χ2v) is 3.51. The van der Waals surface area contributed by atoms with Crippen LogP contribution in [-0.4, -0.2) is 15.5 Å². The molecule has 12 heavy (non-hydrogen) atoms. The number of methoxy groups -OCH3 is 1. The lowest BCUT2D eigenvalue weighted by Crippen LogP contribution is -1.89. The molecule has 1 rings (SSSR count). The van der Waals surface area contributed by atoms with Gasteiger partial charge in [-0.2, -0.15) is 0 Å². The van der Waals surface area contributed by atoms with Crippen LogP contribution in [0.15, 0.2) is 23.1 Å². The van der Waals surface area contributed by atoms with Crippen molar-refractivity contribution in [2.75, 3.05) is 7.11 Å². The molecule has 3 nitrogen and oxygen atoms in total. The number of rotatable bonds is 2. The van der Waals surface area contributed by atoms with Crippen molar-refractivity contribution in [2.24, 2.45) is 0 Å². The van der Waals surface area contributed by atoms with Crippen LogP contribution in [-0.2, 0) is 10.7 Å². The summed E-state index contributed by atoms with van der Waals surface area (Å²) >= 11 is 5.62. The third-order valence-corrected chi connectivity index (χ3v) is 2.34. The molecule has 1 aromatic rings. The quantitative estimate of drug-likeness (QED) is 0.743. The summed E-state index contributed by atoms with van der Waals surface area (Å²) in [5.41, 5.74) is 0.